The third-order valence-corrected chi connectivity index (χ3v) is 5.24. The maximum atomic E-state index is 12.3. The second-order valence-electron chi connectivity index (χ2n) is 7.34. The molecule has 2 aliphatic heterocycles. The molecule has 2 unspecified atom stereocenters. The van der Waals surface area contributed by atoms with Gasteiger partial charge in [-0.25, -0.2) is 4.79 Å². The average Bonchev–Trinajstić information content (AvgIpc) is 2.95. The SMILES string of the molecule is CC(O)CC1CCCN1C(=O)NCCN1CCC(N(C)C)CC1. The van der Waals surface area contributed by atoms with Crippen LogP contribution in [-0.4, -0.2) is 90.8 Å². The highest BCUT2D eigenvalue weighted by Gasteiger charge is 2.29. The Morgan fingerprint density at radius 2 is 1.96 bits per heavy atom. The molecule has 2 N–H and O–H groups in total. The summed E-state index contributed by atoms with van der Waals surface area (Å²) in [6.45, 7) is 6.49. The normalized spacial score (nSPS) is 25.1. The number of hydrogen-bond donors (Lipinski definition) is 2. The van der Waals surface area contributed by atoms with Gasteiger partial charge in [0.2, 0.25) is 0 Å². The lowest BCUT2D eigenvalue weighted by Gasteiger charge is -2.35. The summed E-state index contributed by atoms with van der Waals surface area (Å²) >= 11 is 0. The number of aliphatic hydroxyl groups is 1. The van der Waals surface area contributed by atoms with E-state index in [1.807, 2.05) is 4.90 Å². The number of amides is 2. The fourth-order valence-corrected chi connectivity index (χ4v) is 3.82. The molecular weight excluding hydrogens is 292 g/mol. The Balaban J connectivity index is 1.65. The first kappa shape index (κ1) is 18.5. The number of carbonyl (C=O) groups excluding carboxylic acids is 1. The van der Waals surface area contributed by atoms with Crippen molar-refractivity contribution in [3.05, 3.63) is 0 Å². The van der Waals surface area contributed by atoms with Crippen molar-refractivity contribution in [2.75, 3.05) is 46.8 Å². The first-order chi connectivity index (χ1) is 11.0. The standard InChI is InChI=1S/C17H34N4O2/c1-14(22)13-16-5-4-9-21(16)17(23)18-8-12-20-10-6-15(7-11-20)19(2)3/h14-16,22H,4-13H2,1-3H3,(H,18,23). The lowest BCUT2D eigenvalue weighted by Crippen LogP contribution is -2.47. The number of urea groups is 1. The number of rotatable bonds is 6. The third kappa shape index (κ3) is 5.62. The topological polar surface area (TPSA) is 59.1 Å². The Hall–Kier alpha value is -0.850. The molecule has 6 nitrogen and oxygen atoms in total. The van der Waals surface area contributed by atoms with E-state index in [2.05, 4.69) is 29.2 Å². The maximum Gasteiger partial charge on any atom is 0.317 e. The van der Waals surface area contributed by atoms with Crippen molar-refractivity contribution in [1.29, 1.82) is 0 Å². The van der Waals surface area contributed by atoms with Gasteiger partial charge in [-0.15, -0.1) is 0 Å². The van der Waals surface area contributed by atoms with E-state index in [4.69, 9.17) is 0 Å². The summed E-state index contributed by atoms with van der Waals surface area (Å²) in [6, 6.07) is 0.939. The van der Waals surface area contributed by atoms with Crippen LogP contribution >= 0.6 is 0 Å². The summed E-state index contributed by atoms with van der Waals surface area (Å²) in [5.41, 5.74) is 0. The molecule has 0 aromatic heterocycles. The summed E-state index contributed by atoms with van der Waals surface area (Å²) in [5, 5.41) is 12.6. The number of likely N-dealkylation sites (tertiary alicyclic amines) is 2. The van der Waals surface area contributed by atoms with Gasteiger partial charge in [0, 0.05) is 31.7 Å². The van der Waals surface area contributed by atoms with Gasteiger partial charge in [-0.1, -0.05) is 0 Å². The second kappa shape index (κ2) is 8.85. The predicted molar refractivity (Wildman–Crippen MR) is 92.6 cm³/mol. The lowest BCUT2D eigenvalue weighted by molar-refractivity contribution is 0.134. The molecule has 2 fully saturated rings. The van der Waals surface area contributed by atoms with Crippen molar-refractivity contribution in [3.63, 3.8) is 0 Å². The molecule has 2 aliphatic rings. The first-order valence-electron chi connectivity index (χ1n) is 9.08. The van der Waals surface area contributed by atoms with Gasteiger partial charge in [0.15, 0.2) is 0 Å². The van der Waals surface area contributed by atoms with Crippen LogP contribution in [0, 0.1) is 0 Å². The zero-order chi connectivity index (χ0) is 16.8. The van der Waals surface area contributed by atoms with E-state index in [-0.39, 0.29) is 18.2 Å². The average molecular weight is 326 g/mol. The maximum absolute atomic E-state index is 12.3. The highest BCUT2D eigenvalue weighted by Crippen LogP contribution is 2.21. The highest BCUT2D eigenvalue weighted by molar-refractivity contribution is 5.74. The van der Waals surface area contributed by atoms with Crippen LogP contribution in [0.15, 0.2) is 0 Å². The molecular formula is C17H34N4O2. The number of hydrogen-bond acceptors (Lipinski definition) is 4. The summed E-state index contributed by atoms with van der Waals surface area (Å²) in [6.07, 6.45) is 4.82. The lowest BCUT2D eigenvalue weighted by atomic mass is 10.0. The molecule has 2 atom stereocenters. The van der Waals surface area contributed by atoms with Gasteiger partial charge in [-0.2, -0.15) is 0 Å². The Bertz CT molecular complexity index is 368. The Morgan fingerprint density at radius 3 is 2.57 bits per heavy atom. The molecule has 0 radical (unpaired) electrons. The number of aliphatic hydroxyl groups excluding tert-OH is 1. The summed E-state index contributed by atoms with van der Waals surface area (Å²) in [7, 11) is 4.31. The van der Waals surface area contributed by atoms with E-state index in [0.29, 0.717) is 19.0 Å². The van der Waals surface area contributed by atoms with Crippen molar-refractivity contribution < 1.29 is 9.90 Å². The molecule has 0 aromatic rings. The van der Waals surface area contributed by atoms with Gasteiger partial charge in [0.05, 0.1) is 6.10 Å². The molecule has 6 heteroatoms. The molecule has 0 bridgehead atoms. The minimum Gasteiger partial charge on any atom is -0.393 e. The molecule has 2 heterocycles. The van der Waals surface area contributed by atoms with E-state index in [0.717, 1.165) is 39.0 Å². The van der Waals surface area contributed by atoms with E-state index in [1.54, 1.807) is 6.92 Å². The van der Waals surface area contributed by atoms with Crippen LogP contribution in [0.5, 0.6) is 0 Å². The number of carbonyl (C=O) groups is 1. The fraction of sp³-hybridized carbons (Fsp3) is 0.941. The predicted octanol–water partition coefficient (Wildman–Crippen LogP) is 0.957. The van der Waals surface area contributed by atoms with Crippen LogP contribution in [0.4, 0.5) is 4.79 Å². The Kier molecular flexibility index (Phi) is 7.11. The van der Waals surface area contributed by atoms with Gasteiger partial charge in [-0.05, 0) is 66.2 Å². The zero-order valence-corrected chi connectivity index (χ0v) is 15.0. The van der Waals surface area contributed by atoms with Gasteiger partial charge in [0.25, 0.3) is 0 Å². The zero-order valence-electron chi connectivity index (χ0n) is 15.0. The van der Waals surface area contributed by atoms with Gasteiger partial charge >= 0.3 is 6.03 Å². The highest BCUT2D eigenvalue weighted by atomic mass is 16.3. The summed E-state index contributed by atoms with van der Waals surface area (Å²) < 4.78 is 0. The minimum atomic E-state index is -0.341. The number of piperidine rings is 1. The molecule has 2 rings (SSSR count). The largest absolute Gasteiger partial charge is 0.393 e. The van der Waals surface area contributed by atoms with Crippen LogP contribution in [0.3, 0.4) is 0 Å². The monoisotopic (exact) mass is 326 g/mol. The van der Waals surface area contributed by atoms with Crippen molar-refractivity contribution in [2.24, 2.45) is 0 Å². The molecule has 23 heavy (non-hydrogen) atoms. The summed E-state index contributed by atoms with van der Waals surface area (Å²) in [4.78, 5) is 19.0. The molecule has 2 saturated heterocycles. The number of nitrogens with one attached hydrogen (secondary N) is 1. The first-order valence-corrected chi connectivity index (χ1v) is 9.08. The third-order valence-electron chi connectivity index (χ3n) is 5.24. The van der Waals surface area contributed by atoms with E-state index in [1.165, 1.54) is 12.8 Å². The number of nitrogens with zero attached hydrogens (tertiary/aromatic N) is 3. The van der Waals surface area contributed by atoms with Crippen molar-refractivity contribution in [1.82, 2.24) is 20.0 Å². The van der Waals surface area contributed by atoms with Gasteiger partial charge < -0.3 is 25.1 Å². The van der Waals surface area contributed by atoms with Crippen molar-refractivity contribution in [2.45, 2.75) is 57.2 Å². The molecule has 134 valence electrons. The summed E-state index contributed by atoms with van der Waals surface area (Å²) in [5.74, 6) is 0. The van der Waals surface area contributed by atoms with Crippen LogP contribution in [0.1, 0.15) is 39.0 Å². The quantitative estimate of drug-likeness (QED) is 0.763. The van der Waals surface area contributed by atoms with Crippen LogP contribution < -0.4 is 5.32 Å². The molecule has 0 spiro atoms. The van der Waals surface area contributed by atoms with Crippen LogP contribution in [0.25, 0.3) is 0 Å². The van der Waals surface area contributed by atoms with Gasteiger partial charge in [-0.3, -0.25) is 0 Å². The minimum absolute atomic E-state index is 0.0383. The molecule has 0 aliphatic carbocycles. The van der Waals surface area contributed by atoms with E-state index < -0.39 is 0 Å². The van der Waals surface area contributed by atoms with Gasteiger partial charge in [0.1, 0.15) is 0 Å². The van der Waals surface area contributed by atoms with E-state index >= 15 is 0 Å². The van der Waals surface area contributed by atoms with Crippen molar-refractivity contribution >= 4 is 6.03 Å². The molecule has 2 amide bonds. The van der Waals surface area contributed by atoms with Crippen LogP contribution in [0.2, 0.25) is 0 Å². The Morgan fingerprint density at radius 1 is 1.26 bits per heavy atom. The molecule has 0 aromatic carbocycles. The van der Waals surface area contributed by atoms with Crippen molar-refractivity contribution in [3.8, 4) is 0 Å². The second-order valence-corrected chi connectivity index (χ2v) is 7.34. The molecule has 0 saturated carbocycles. The Labute approximate surface area is 140 Å². The smallest absolute Gasteiger partial charge is 0.317 e. The van der Waals surface area contributed by atoms with E-state index in [9.17, 15) is 9.90 Å². The van der Waals surface area contributed by atoms with Crippen LogP contribution in [-0.2, 0) is 0 Å². The fourth-order valence-electron chi connectivity index (χ4n) is 3.82.